The van der Waals surface area contributed by atoms with Gasteiger partial charge in [0.1, 0.15) is 5.75 Å². The number of aromatic nitrogens is 2. The molecule has 1 aromatic heterocycles. The second kappa shape index (κ2) is 6.50. The van der Waals surface area contributed by atoms with E-state index in [2.05, 4.69) is 16.2 Å². The van der Waals surface area contributed by atoms with Crippen molar-refractivity contribution >= 4 is 5.91 Å². The van der Waals surface area contributed by atoms with E-state index in [4.69, 9.17) is 9.26 Å². The largest absolute Gasteiger partial charge is 0.496 e. The van der Waals surface area contributed by atoms with E-state index in [0.29, 0.717) is 18.3 Å². The van der Waals surface area contributed by atoms with Crippen LogP contribution in [0.3, 0.4) is 0 Å². The molecule has 0 bridgehead atoms. The van der Waals surface area contributed by atoms with E-state index >= 15 is 0 Å². The first-order valence-electron chi connectivity index (χ1n) is 8.89. The normalized spacial score (nSPS) is 25.7. The maximum atomic E-state index is 12.9. The Morgan fingerprint density at radius 3 is 2.96 bits per heavy atom. The Hall–Kier alpha value is -2.37. The van der Waals surface area contributed by atoms with Crippen LogP contribution in [-0.2, 0) is 4.79 Å². The third-order valence-electron chi connectivity index (χ3n) is 5.27. The van der Waals surface area contributed by atoms with Crippen LogP contribution in [0.5, 0.6) is 5.75 Å². The highest BCUT2D eigenvalue weighted by Crippen LogP contribution is 2.51. The van der Waals surface area contributed by atoms with E-state index < -0.39 is 0 Å². The number of aryl methyl sites for hydroxylation is 1. The molecule has 0 N–H and O–H groups in total. The number of carbonyl (C=O) groups excluding carboxylic acids is 1. The van der Waals surface area contributed by atoms with Gasteiger partial charge in [-0.05, 0) is 43.7 Å². The van der Waals surface area contributed by atoms with E-state index in [1.165, 1.54) is 0 Å². The van der Waals surface area contributed by atoms with Crippen LogP contribution in [0.1, 0.15) is 48.4 Å². The van der Waals surface area contributed by atoms with Crippen molar-refractivity contribution in [1.29, 1.82) is 0 Å². The zero-order valence-electron chi connectivity index (χ0n) is 14.6. The minimum Gasteiger partial charge on any atom is -0.496 e. The molecule has 132 valence electrons. The number of ether oxygens (including phenoxy) is 1. The summed E-state index contributed by atoms with van der Waals surface area (Å²) in [6.45, 7) is 3.31. The smallest absolute Gasteiger partial charge is 0.231 e. The molecule has 2 aromatic rings. The number of rotatable bonds is 4. The van der Waals surface area contributed by atoms with E-state index in [-0.39, 0.29) is 23.7 Å². The van der Waals surface area contributed by atoms with Gasteiger partial charge in [0, 0.05) is 19.0 Å². The van der Waals surface area contributed by atoms with Crippen LogP contribution in [0.4, 0.5) is 0 Å². The van der Waals surface area contributed by atoms with Gasteiger partial charge >= 0.3 is 0 Å². The fraction of sp³-hybridized carbons (Fsp3) is 0.526. The number of para-hydroxylation sites is 1. The number of methoxy groups -OCH3 is 1. The summed E-state index contributed by atoms with van der Waals surface area (Å²) in [5.41, 5.74) is 1.14. The maximum absolute atomic E-state index is 12.9. The van der Waals surface area contributed by atoms with Crippen molar-refractivity contribution in [2.45, 2.75) is 38.0 Å². The van der Waals surface area contributed by atoms with Gasteiger partial charge in [0.25, 0.3) is 0 Å². The molecule has 1 amide bonds. The number of piperidine rings is 1. The van der Waals surface area contributed by atoms with Gasteiger partial charge in [-0.1, -0.05) is 23.4 Å². The lowest BCUT2D eigenvalue weighted by molar-refractivity contribution is -0.134. The van der Waals surface area contributed by atoms with Crippen LogP contribution < -0.4 is 4.74 Å². The van der Waals surface area contributed by atoms with Gasteiger partial charge in [-0.15, -0.1) is 0 Å². The first-order valence-corrected chi connectivity index (χ1v) is 8.89. The van der Waals surface area contributed by atoms with Crippen LogP contribution in [0.25, 0.3) is 0 Å². The van der Waals surface area contributed by atoms with Crippen LogP contribution in [0, 0.1) is 12.8 Å². The third-order valence-corrected chi connectivity index (χ3v) is 5.27. The average Bonchev–Trinajstić information content (AvgIpc) is 3.34. The molecule has 0 spiro atoms. The molecule has 1 aliphatic heterocycles. The van der Waals surface area contributed by atoms with Crippen LogP contribution in [-0.4, -0.2) is 41.1 Å². The van der Waals surface area contributed by atoms with Gasteiger partial charge in [-0.25, -0.2) is 0 Å². The van der Waals surface area contributed by atoms with Crippen molar-refractivity contribution < 1.29 is 14.1 Å². The zero-order valence-corrected chi connectivity index (χ0v) is 14.6. The molecule has 2 aliphatic rings. The van der Waals surface area contributed by atoms with E-state index in [0.717, 1.165) is 37.1 Å². The quantitative estimate of drug-likeness (QED) is 0.855. The summed E-state index contributed by atoms with van der Waals surface area (Å²) >= 11 is 0. The number of benzene rings is 1. The number of amides is 1. The molecular formula is C19H23N3O3. The highest BCUT2D eigenvalue weighted by atomic mass is 16.5. The van der Waals surface area contributed by atoms with Crippen molar-refractivity contribution in [2.24, 2.45) is 5.92 Å². The van der Waals surface area contributed by atoms with Crippen LogP contribution >= 0.6 is 0 Å². The van der Waals surface area contributed by atoms with Gasteiger partial charge in [-0.2, -0.15) is 4.98 Å². The lowest BCUT2D eigenvalue weighted by Crippen LogP contribution is -2.40. The number of likely N-dealkylation sites (tertiary alicyclic amines) is 1. The first-order chi connectivity index (χ1) is 12.2. The monoisotopic (exact) mass is 341 g/mol. The number of hydrogen-bond acceptors (Lipinski definition) is 5. The summed E-state index contributed by atoms with van der Waals surface area (Å²) in [5, 5.41) is 3.88. The van der Waals surface area contributed by atoms with Crippen molar-refractivity contribution in [1.82, 2.24) is 15.0 Å². The predicted molar refractivity (Wildman–Crippen MR) is 91.4 cm³/mol. The molecule has 1 aliphatic carbocycles. The van der Waals surface area contributed by atoms with Gasteiger partial charge in [0.05, 0.1) is 13.0 Å². The number of carbonyl (C=O) groups is 1. The van der Waals surface area contributed by atoms with Crippen molar-refractivity contribution in [2.75, 3.05) is 20.2 Å². The summed E-state index contributed by atoms with van der Waals surface area (Å²) < 4.78 is 10.8. The molecule has 1 aromatic carbocycles. The fourth-order valence-electron chi connectivity index (χ4n) is 3.88. The van der Waals surface area contributed by atoms with E-state index in [1.807, 2.05) is 30.0 Å². The minimum absolute atomic E-state index is 0.0690. The molecule has 0 unspecified atom stereocenters. The lowest BCUT2D eigenvalue weighted by atomic mass is 9.97. The predicted octanol–water partition coefficient (Wildman–Crippen LogP) is 2.90. The third kappa shape index (κ3) is 3.13. The van der Waals surface area contributed by atoms with Gasteiger partial charge in [0.2, 0.25) is 11.8 Å². The zero-order chi connectivity index (χ0) is 17.4. The standard InChI is InChI=1S/C19H23N3O3/c1-12-20-18(25-21-12)13-6-5-9-22(11-13)19(23)16-10-15(16)14-7-3-4-8-17(14)24-2/h3-4,7-8,13,15-16H,5-6,9-11H2,1-2H3/t13-,15-,16+/m0/s1. The second-order valence-corrected chi connectivity index (χ2v) is 6.99. The fourth-order valence-corrected chi connectivity index (χ4v) is 3.88. The van der Waals surface area contributed by atoms with Crippen LogP contribution in [0.15, 0.2) is 28.8 Å². The van der Waals surface area contributed by atoms with Gasteiger partial charge < -0.3 is 14.2 Å². The topological polar surface area (TPSA) is 68.5 Å². The number of nitrogens with zero attached hydrogens (tertiary/aromatic N) is 3. The molecule has 2 heterocycles. The molecule has 1 saturated carbocycles. The van der Waals surface area contributed by atoms with E-state index in [9.17, 15) is 4.79 Å². The molecule has 4 rings (SSSR count). The summed E-state index contributed by atoms with van der Waals surface area (Å²) in [5.74, 6) is 2.93. The Kier molecular flexibility index (Phi) is 4.19. The van der Waals surface area contributed by atoms with Crippen molar-refractivity contribution in [3.8, 4) is 5.75 Å². The Labute approximate surface area is 147 Å². The highest BCUT2D eigenvalue weighted by molar-refractivity contribution is 5.83. The lowest BCUT2D eigenvalue weighted by Gasteiger charge is -2.31. The summed E-state index contributed by atoms with van der Waals surface area (Å²) in [6, 6.07) is 8.00. The Morgan fingerprint density at radius 2 is 2.20 bits per heavy atom. The summed E-state index contributed by atoms with van der Waals surface area (Å²) in [7, 11) is 1.68. The second-order valence-electron chi connectivity index (χ2n) is 6.99. The molecule has 0 radical (unpaired) electrons. The average molecular weight is 341 g/mol. The minimum atomic E-state index is 0.0690. The maximum Gasteiger partial charge on any atom is 0.231 e. The van der Waals surface area contributed by atoms with E-state index in [1.54, 1.807) is 7.11 Å². The molecule has 3 atom stereocenters. The van der Waals surface area contributed by atoms with Crippen LogP contribution in [0.2, 0.25) is 0 Å². The molecule has 1 saturated heterocycles. The summed E-state index contributed by atoms with van der Waals surface area (Å²) in [4.78, 5) is 19.3. The van der Waals surface area contributed by atoms with Gasteiger partial charge in [-0.3, -0.25) is 4.79 Å². The molecule has 6 nitrogen and oxygen atoms in total. The Bertz CT molecular complexity index is 773. The SMILES string of the molecule is COc1ccccc1[C@@H]1C[C@H]1C(=O)N1CCC[C@H](c2nc(C)no2)C1. The van der Waals surface area contributed by atoms with Crippen molar-refractivity contribution in [3.63, 3.8) is 0 Å². The molecule has 2 fully saturated rings. The van der Waals surface area contributed by atoms with Crippen molar-refractivity contribution in [3.05, 3.63) is 41.5 Å². The molecule has 25 heavy (non-hydrogen) atoms. The first kappa shape index (κ1) is 16.1. The molecule has 6 heteroatoms. The van der Waals surface area contributed by atoms with Gasteiger partial charge in [0.15, 0.2) is 5.82 Å². The highest BCUT2D eigenvalue weighted by Gasteiger charge is 2.47. The molecular weight excluding hydrogens is 318 g/mol. The Morgan fingerprint density at radius 1 is 1.36 bits per heavy atom. The Balaban J connectivity index is 1.43. The summed E-state index contributed by atoms with van der Waals surface area (Å²) in [6.07, 6.45) is 2.87. The number of hydrogen-bond donors (Lipinski definition) is 0.